The van der Waals surface area contributed by atoms with Gasteiger partial charge in [0.05, 0.1) is 35.8 Å². The first-order chi connectivity index (χ1) is 17.1. The second kappa shape index (κ2) is 10.2. The predicted octanol–water partition coefficient (Wildman–Crippen LogP) is 3.78. The Morgan fingerprint density at radius 1 is 1.20 bits per heavy atom. The number of anilines is 1. The number of thiophene rings is 1. The van der Waals surface area contributed by atoms with Crippen LogP contribution in [0.2, 0.25) is 0 Å². The quantitative estimate of drug-likeness (QED) is 0.411. The van der Waals surface area contributed by atoms with Crippen molar-refractivity contribution >= 4 is 33.3 Å². The van der Waals surface area contributed by atoms with E-state index >= 15 is 0 Å². The number of nitriles is 1. The first-order valence-electron chi connectivity index (χ1n) is 11.4. The van der Waals surface area contributed by atoms with Gasteiger partial charge in [0.2, 0.25) is 0 Å². The fourth-order valence-electron chi connectivity index (χ4n) is 4.09. The van der Waals surface area contributed by atoms with Gasteiger partial charge in [-0.25, -0.2) is 9.97 Å². The van der Waals surface area contributed by atoms with E-state index in [0.29, 0.717) is 61.9 Å². The van der Waals surface area contributed by atoms with Crippen LogP contribution >= 0.6 is 11.3 Å². The van der Waals surface area contributed by atoms with Crippen LogP contribution in [0.25, 0.3) is 21.7 Å². The molecule has 1 fully saturated rings. The van der Waals surface area contributed by atoms with E-state index in [-0.39, 0.29) is 5.91 Å². The highest BCUT2D eigenvalue weighted by Gasteiger charge is 2.25. The summed E-state index contributed by atoms with van der Waals surface area (Å²) in [6, 6.07) is 15.3. The number of benzene rings is 1. The van der Waals surface area contributed by atoms with Crippen LogP contribution in [0.5, 0.6) is 0 Å². The largest absolute Gasteiger partial charge is 0.378 e. The molecule has 0 N–H and O–H groups in total. The van der Waals surface area contributed by atoms with Crippen molar-refractivity contribution in [3.05, 3.63) is 70.7 Å². The summed E-state index contributed by atoms with van der Waals surface area (Å²) in [6.07, 6.45) is 2.39. The van der Waals surface area contributed by atoms with Crippen molar-refractivity contribution in [2.45, 2.75) is 6.42 Å². The minimum absolute atomic E-state index is 0.0728. The number of morpholine rings is 1. The molecule has 1 aliphatic rings. The van der Waals surface area contributed by atoms with Crippen LogP contribution in [-0.4, -0.2) is 65.7 Å². The molecule has 5 rings (SSSR count). The zero-order valence-corrected chi connectivity index (χ0v) is 20.2. The van der Waals surface area contributed by atoms with Crippen LogP contribution in [0, 0.1) is 11.3 Å². The molecule has 1 amide bonds. The van der Waals surface area contributed by atoms with E-state index in [9.17, 15) is 4.79 Å². The van der Waals surface area contributed by atoms with E-state index in [2.05, 4.69) is 16.0 Å². The Kier molecular flexibility index (Phi) is 6.66. The van der Waals surface area contributed by atoms with E-state index in [0.717, 1.165) is 21.6 Å². The average Bonchev–Trinajstić information content (AvgIpc) is 3.36. The highest BCUT2D eigenvalue weighted by atomic mass is 32.1. The minimum atomic E-state index is -0.0728. The zero-order valence-electron chi connectivity index (χ0n) is 19.3. The van der Waals surface area contributed by atoms with Crippen LogP contribution < -0.4 is 4.90 Å². The number of ether oxygens (including phenoxy) is 1. The average molecular weight is 485 g/mol. The lowest BCUT2D eigenvalue weighted by Crippen LogP contribution is -2.37. The number of carbonyl (C=O) groups is 1. The normalized spacial score (nSPS) is 13.5. The zero-order chi connectivity index (χ0) is 24.2. The number of amides is 1. The van der Waals surface area contributed by atoms with Gasteiger partial charge in [0, 0.05) is 38.3 Å². The molecule has 0 atom stereocenters. The number of nitrogens with zero attached hydrogens (tertiary/aromatic N) is 6. The Balaban J connectivity index is 1.47. The molecule has 1 aromatic carbocycles. The number of aromatic nitrogens is 3. The molecular formula is C26H24N6O2S. The Bertz CT molecular complexity index is 1390. The van der Waals surface area contributed by atoms with E-state index < -0.39 is 0 Å². The lowest BCUT2D eigenvalue weighted by molar-refractivity contribution is 0.0799. The van der Waals surface area contributed by atoms with E-state index in [1.807, 2.05) is 41.8 Å². The maximum absolute atomic E-state index is 13.5. The highest BCUT2D eigenvalue weighted by molar-refractivity contribution is 7.17. The third-order valence-electron chi connectivity index (χ3n) is 5.99. The number of rotatable bonds is 6. The van der Waals surface area contributed by atoms with Gasteiger partial charge in [-0.15, -0.1) is 11.3 Å². The molecular weight excluding hydrogens is 460 g/mol. The Morgan fingerprint density at radius 2 is 2.06 bits per heavy atom. The van der Waals surface area contributed by atoms with Crippen LogP contribution in [0.15, 0.2) is 54.0 Å². The maximum atomic E-state index is 13.5. The molecule has 0 unspecified atom stereocenters. The molecule has 0 bridgehead atoms. The van der Waals surface area contributed by atoms with Gasteiger partial charge < -0.3 is 14.5 Å². The predicted molar refractivity (Wildman–Crippen MR) is 135 cm³/mol. The molecule has 0 radical (unpaired) electrons. The van der Waals surface area contributed by atoms with Gasteiger partial charge in [-0.2, -0.15) is 5.26 Å². The summed E-state index contributed by atoms with van der Waals surface area (Å²) in [5, 5.41) is 11.8. The Hall–Kier alpha value is -3.87. The SMILES string of the molecule is CN(CCc1cccc(C#N)c1)C(=O)c1csc2nc(-c3ccccn3)nc(N3CCOCC3)c12. The van der Waals surface area contributed by atoms with Gasteiger partial charge in [0.15, 0.2) is 5.82 Å². The van der Waals surface area contributed by atoms with Gasteiger partial charge >= 0.3 is 0 Å². The maximum Gasteiger partial charge on any atom is 0.255 e. The Labute approximate surface area is 207 Å². The van der Waals surface area contributed by atoms with Crippen molar-refractivity contribution in [2.75, 3.05) is 44.8 Å². The first kappa shape index (κ1) is 22.9. The number of fused-ring (bicyclic) bond motifs is 1. The van der Waals surface area contributed by atoms with Gasteiger partial charge in [0.25, 0.3) is 5.91 Å². The van der Waals surface area contributed by atoms with Crippen molar-refractivity contribution in [3.63, 3.8) is 0 Å². The summed E-state index contributed by atoms with van der Waals surface area (Å²) >= 11 is 1.45. The molecule has 1 aliphatic heterocycles. The van der Waals surface area contributed by atoms with E-state index in [1.54, 1.807) is 24.2 Å². The second-order valence-electron chi connectivity index (χ2n) is 8.30. The number of pyridine rings is 1. The summed E-state index contributed by atoms with van der Waals surface area (Å²) < 4.78 is 5.55. The molecule has 4 heterocycles. The fraction of sp³-hybridized carbons (Fsp3) is 0.269. The molecule has 176 valence electrons. The third kappa shape index (κ3) is 4.85. The molecule has 1 saturated heterocycles. The molecule has 9 heteroatoms. The summed E-state index contributed by atoms with van der Waals surface area (Å²) in [5.74, 6) is 1.22. The summed E-state index contributed by atoms with van der Waals surface area (Å²) in [7, 11) is 1.80. The van der Waals surface area contributed by atoms with Crippen LogP contribution in [-0.2, 0) is 11.2 Å². The van der Waals surface area contributed by atoms with Crippen molar-refractivity contribution < 1.29 is 9.53 Å². The fourth-order valence-corrected chi connectivity index (χ4v) is 5.00. The van der Waals surface area contributed by atoms with E-state index in [4.69, 9.17) is 20.0 Å². The summed E-state index contributed by atoms with van der Waals surface area (Å²) in [6.45, 7) is 3.15. The lowest BCUT2D eigenvalue weighted by atomic mass is 10.1. The van der Waals surface area contributed by atoms with Crippen molar-refractivity contribution in [1.82, 2.24) is 19.9 Å². The van der Waals surface area contributed by atoms with Gasteiger partial charge in [-0.1, -0.05) is 18.2 Å². The van der Waals surface area contributed by atoms with Crippen molar-refractivity contribution in [2.24, 2.45) is 0 Å². The van der Waals surface area contributed by atoms with E-state index in [1.165, 1.54) is 11.3 Å². The van der Waals surface area contributed by atoms with Crippen LogP contribution in [0.4, 0.5) is 5.82 Å². The minimum Gasteiger partial charge on any atom is -0.378 e. The number of hydrogen-bond donors (Lipinski definition) is 0. The summed E-state index contributed by atoms with van der Waals surface area (Å²) in [5.41, 5.74) is 2.95. The topological polar surface area (TPSA) is 95.2 Å². The number of likely N-dealkylation sites (N-methyl/N-ethyl adjacent to an activating group) is 1. The van der Waals surface area contributed by atoms with Crippen molar-refractivity contribution in [1.29, 1.82) is 5.26 Å². The van der Waals surface area contributed by atoms with Crippen molar-refractivity contribution in [3.8, 4) is 17.6 Å². The summed E-state index contributed by atoms with van der Waals surface area (Å²) in [4.78, 5) is 32.2. The monoisotopic (exact) mass is 484 g/mol. The number of carbonyl (C=O) groups excluding carboxylic acids is 1. The van der Waals surface area contributed by atoms with Gasteiger partial charge in [-0.3, -0.25) is 9.78 Å². The van der Waals surface area contributed by atoms with Crippen LogP contribution in [0.3, 0.4) is 0 Å². The highest BCUT2D eigenvalue weighted by Crippen LogP contribution is 2.35. The Morgan fingerprint density at radius 3 is 2.83 bits per heavy atom. The molecule has 3 aromatic heterocycles. The molecule has 35 heavy (non-hydrogen) atoms. The third-order valence-corrected chi connectivity index (χ3v) is 6.86. The van der Waals surface area contributed by atoms with Crippen LogP contribution in [0.1, 0.15) is 21.5 Å². The lowest BCUT2D eigenvalue weighted by Gasteiger charge is -2.29. The second-order valence-corrected chi connectivity index (χ2v) is 9.16. The van der Waals surface area contributed by atoms with Gasteiger partial charge in [0.1, 0.15) is 16.3 Å². The molecule has 8 nitrogen and oxygen atoms in total. The number of hydrogen-bond acceptors (Lipinski definition) is 8. The first-order valence-corrected chi connectivity index (χ1v) is 12.3. The molecule has 0 saturated carbocycles. The standard InChI is InChI=1S/C26H24N6O2S/c1-31(10-8-18-5-4-6-19(15-18)16-27)26(33)20-17-35-25-22(20)24(32-11-13-34-14-12-32)29-23(30-25)21-7-2-3-9-28-21/h2-7,9,15,17H,8,10-14H2,1H3. The van der Waals surface area contributed by atoms with Gasteiger partial charge in [-0.05, 0) is 36.2 Å². The molecule has 4 aromatic rings. The smallest absolute Gasteiger partial charge is 0.255 e. The molecule has 0 spiro atoms. The molecule has 0 aliphatic carbocycles.